The molecule has 0 saturated carbocycles. The quantitative estimate of drug-likeness (QED) is 0.538. The number of halogens is 2. The highest BCUT2D eigenvalue weighted by atomic mass is 35.5. The molecule has 1 aromatic heterocycles. The van der Waals surface area contributed by atoms with E-state index in [1.807, 2.05) is 30.9 Å². The van der Waals surface area contributed by atoms with E-state index in [0.717, 1.165) is 23.0 Å². The summed E-state index contributed by atoms with van der Waals surface area (Å²) in [6.07, 6.45) is 6.68. The Morgan fingerprint density at radius 2 is 2.00 bits per heavy atom. The lowest BCUT2D eigenvalue weighted by Gasteiger charge is -2.41. The molecule has 2 aliphatic rings. The zero-order valence-corrected chi connectivity index (χ0v) is 14.9. The number of fused-ring (bicyclic) bond motifs is 2. The van der Waals surface area contributed by atoms with Gasteiger partial charge in [-0.15, -0.1) is 0 Å². The van der Waals surface area contributed by atoms with Crippen molar-refractivity contribution in [3.05, 3.63) is 64.7 Å². The van der Waals surface area contributed by atoms with Crippen LogP contribution in [0, 0.1) is 0 Å². The van der Waals surface area contributed by atoms with Gasteiger partial charge in [0.05, 0.1) is 23.7 Å². The van der Waals surface area contributed by atoms with Crippen molar-refractivity contribution in [2.75, 3.05) is 11.4 Å². The lowest BCUT2D eigenvalue weighted by Crippen LogP contribution is -2.31. The summed E-state index contributed by atoms with van der Waals surface area (Å²) in [5.41, 5.74) is 3.57. The van der Waals surface area contributed by atoms with Crippen molar-refractivity contribution >= 4 is 46.3 Å². The predicted molar refractivity (Wildman–Crippen MR) is 99.0 cm³/mol. The van der Waals surface area contributed by atoms with Gasteiger partial charge in [0, 0.05) is 44.3 Å². The van der Waals surface area contributed by atoms with E-state index in [9.17, 15) is 0 Å². The second kappa shape index (κ2) is 5.45. The molecule has 1 atom stereocenters. The highest BCUT2D eigenvalue weighted by molar-refractivity contribution is 7.99. The maximum Gasteiger partial charge on any atom is 0.0951 e. The molecule has 3 aromatic rings. The van der Waals surface area contributed by atoms with Crippen LogP contribution in [0.3, 0.4) is 0 Å². The van der Waals surface area contributed by atoms with E-state index in [1.54, 1.807) is 11.8 Å². The molecular formula is C18H13Cl2N3S. The molecule has 0 spiro atoms. The average molecular weight is 374 g/mol. The Morgan fingerprint density at radius 3 is 2.83 bits per heavy atom. The fourth-order valence-corrected chi connectivity index (χ4v) is 5.19. The molecule has 6 heteroatoms. The number of hydrogen-bond acceptors (Lipinski definition) is 3. The zero-order chi connectivity index (χ0) is 16.3. The Morgan fingerprint density at radius 1 is 1.12 bits per heavy atom. The maximum atomic E-state index is 6.63. The van der Waals surface area contributed by atoms with Gasteiger partial charge in [-0.1, -0.05) is 35.0 Å². The van der Waals surface area contributed by atoms with Crippen LogP contribution in [0.5, 0.6) is 0 Å². The van der Waals surface area contributed by atoms with E-state index in [-0.39, 0.29) is 6.04 Å². The third kappa shape index (κ3) is 2.10. The van der Waals surface area contributed by atoms with Gasteiger partial charge in [0.25, 0.3) is 0 Å². The van der Waals surface area contributed by atoms with Crippen molar-refractivity contribution in [2.45, 2.75) is 22.3 Å². The lowest BCUT2D eigenvalue weighted by molar-refractivity contribution is 0.522. The maximum absolute atomic E-state index is 6.63. The number of aromatic nitrogens is 2. The number of benzene rings is 2. The van der Waals surface area contributed by atoms with E-state index in [0.29, 0.717) is 0 Å². The van der Waals surface area contributed by atoms with E-state index in [1.165, 1.54) is 26.7 Å². The molecule has 0 N–H and O–H groups in total. The molecular weight excluding hydrogens is 361 g/mol. The number of anilines is 2. The van der Waals surface area contributed by atoms with Crippen molar-refractivity contribution < 1.29 is 0 Å². The minimum Gasteiger partial charge on any atom is -0.339 e. The second-order valence-corrected chi connectivity index (χ2v) is 7.92. The topological polar surface area (TPSA) is 21.1 Å². The summed E-state index contributed by atoms with van der Waals surface area (Å²) in [4.78, 5) is 9.05. The van der Waals surface area contributed by atoms with Crippen LogP contribution in [0.25, 0.3) is 0 Å². The van der Waals surface area contributed by atoms with Crippen LogP contribution in [-0.4, -0.2) is 16.1 Å². The minimum atomic E-state index is 0.215. The standard InChI is InChI=1S/C18H13Cl2N3S/c19-11-1-3-15-14(9-11)23-7-5-13(22-8-6-21-10-22)17-12(20)2-4-16(24-15)18(17)23/h1-4,6,8-10,13H,5,7H2. The van der Waals surface area contributed by atoms with Crippen molar-refractivity contribution in [2.24, 2.45) is 0 Å². The molecule has 2 aliphatic heterocycles. The summed E-state index contributed by atoms with van der Waals surface area (Å²) in [5, 5.41) is 1.57. The molecule has 0 bridgehead atoms. The lowest BCUT2D eigenvalue weighted by atomic mass is 9.95. The number of hydrogen-bond donors (Lipinski definition) is 0. The molecule has 24 heavy (non-hydrogen) atoms. The van der Waals surface area contributed by atoms with Crippen LogP contribution in [0.1, 0.15) is 18.0 Å². The monoisotopic (exact) mass is 373 g/mol. The van der Waals surface area contributed by atoms with Gasteiger partial charge in [0.2, 0.25) is 0 Å². The van der Waals surface area contributed by atoms with Crippen LogP contribution < -0.4 is 4.90 Å². The first kappa shape index (κ1) is 14.7. The summed E-state index contributed by atoms with van der Waals surface area (Å²) in [6, 6.07) is 10.4. The summed E-state index contributed by atoms with van der Waals surface area (Å²) in [6.45, 7) is 0.928. The van der Waals surface area contributed by atoms with E-state index < -0.39 is 0 Å². The van der Waals surface area contributed by atoms with E-state index >= 15 is 0 Å². The van der Waals surface area contributed by atoms with Crippen LogP contribution in [0.4, 0.5) is 11.4 Å². The van der Waals surface area contributed by atoms with Crippen molar-refractivity contribution in [3.8, 4) is 0 Å². The number of rotatable bonds is 1. The molecule has 0 saturated heterocycles. The molecule has 120 valence electrons. The van der Waals surface area contributed by atoms with Crippen LogP contribution in [0.15, 0.2) is 58.8 Å². The Balaban J connectivity index is 1.74. The zero-order valence-electron chi connectivity index (χ0n) is 12.6. The SMILES string of the molecule is Clc1ccc2c(c1)N1CCC(n3ccnc3)c3c(Cl)ccc(c31)S2. The smallest absolute Gasteiger partial charge is 0.0951 e. The summed E-state index contributed by atoms with van der Waals surface area (Å²) in [5.74, 6) is 0. The van der Waals surface area contributed by atoms with Gasteiger partial charge in [-0.25, -0.2) is 4.98 Å². The Labute approximate surface area is 154 Å². The Bertz CT molecular complexity index is 940. The molecule has 5 rings (SSSR count). The fourth-order valence-electron chi connectivity index (χ4n) is 3.65. The number of imidazole rings is 1. The first-order chi connectivity index (χ1) is 11.7. The van der Waals surface area contributed by atoms with Gasteiger partial charge in [0.1, 0.15) is 0 Å². The van der Waals surface area contributed by atoms with Gasteiger partial charge in [-0.05, 0) is 36.8 Å². The molecule has 3 heterocycles. The van der Waals surface area contributed by atoms with Crippen molar-refractivity contribution in [3.63, 3.8) is 0 Å². The summed E-state index contributed by atoms with van der Waals surface area (Å²) in [7, 11) is 0. The van der Waals surface area contributed by atoms with Gasteiger partial charge >= 0.3 is 0 Å². The van der Waals surface area contributed by atoms with Gasteiger partial charge in [0.15, 0.2) is 0 Å². The fraction of sp³-hybridized carbons (Fsp3) is 0.167. The third-order valence-corrected chi connectivity index (χ3v) is 6.35. The molecule has 0 amide bonds. The Hall–Kier alpha value is -1.62. The highest BCUT2D eigenvalue weighted by Gasteiger charge is 2.35. The predicted octanol–water partition coefficient (Wildman–Crippen LogP) is 5.79. The van der Waals surface area contributed by atoms with Gasteiger partial charge in [-0.3, -0.25) is 0 Å². The van der Waals surface area contributed by atoms with E-state index in [4.69, 9.17) is 23.2 Å². The highest BCUT2D eigenvalue weighted by Crippen LogP contribution is 2.55. The molecule has 0 fully saturated rings. The van der Waals surface area contributed by atoms with Crippen LogP contribution >= 0.6 is 35.0 Å². The molecule has 0 radical (unpaired) electrons. The molecule has 3 nitrogen and oxygen atoms in total. The molecule has 0 aliphatic carbocycles. The van der Waals surface area contributed by atoms with Crippen molar-refractivity contribution in [1.29, 1.82) is 0 Å². The average Bonchev–Trinajstić information content (AvgIpc) is 3.12. The first-order valence-electron chi connectivity index (χ1n) is 7.77. The third-order valence-electron chi connectivity index (χ3n) is 4.67. The van der Waals surface area contributed by atoms with Gasteiger partial charge < -0.3 is 9.47 Å². The minimum absolute atomic E-state index is 0.215. The summed E-state index contributed by atoms with van der Waals surface area (Å²) >= 11 is 14.7. The second-order valence-electron chi connectivity index (χ2n) is 5.99. The largest absolute Gasteiger partial charge is 0.339 e. The molecule has 1 unspecified atom stereocenters. The summed E-state index contributed by atoms with van der Waals surface area (Å²) < 4.78 is 2.15. The molecule has 2 aromatic carbocycles. The normalized spacial score (nSPS) is 18.2. The van der Waals surface area contributed by atoms with Crippen molar-refractivity contribution in [1.82, 2.24) is 9.55 Å². The first-order valence-corrected chi connectivity index (χ1v) is 9.34. The van der Waals surface area contributed by atoms with Gasteiger partial charge in [-0.2, -0.15) is 0 Å². The van der Waals surface area contributed by atoms with E-state index in [2.05, 4.69) is 32.7 Å². The van der Waals surface area contributed by atoms with Crippen LogP contribution in [0.2, 0.25) is 10.0 Å². The number of nitrogens with zero attached hydrogens (tertiary/aromatic N) is 3. The van der Waals surface area contributed by atoms with Crippen LogP contribution in [-0.2, 0) is 0 Å². The Kier molecular flexibility index (Phi) is 3.34.